The van der Waals surface area contributed by atoms with Crippen LogP contribution in [0.25, 0.3) is 0 Å². The van der Waals surface area contributed by atoms with Crippen molar-refractivity contribution in [3.8, 4) is 0 Å². The highest BCUT2D eigenvalue weighted by atomic mass is 28.3. The molecule has 0 N–H and O–H groups in total. The minimum absolute atomic E-state index is 0.151. The van der Waals surface area contributed by atoms with E-state index in [9.17, 15) is 4.79 Å². The first-order valence-corrected chi connectivity index (χ1v) is 9.52. The van der Waals surface area contributed by atoms with Crippen LogP contribution in [0.1, 0.15) is 20.8 Å². The van der Waals surface area contributed by atoms with Crippen LogP contribution < -0.4 is 10.4 Å². The van der Waals surface area contributed by atoms with Gasteiger partial charge in [-0.1, -0.05) is 87.5 Å². The summed E-state index contributed by atoms with van der Waals surface area (Å²) in [5.74, 6) is 0. The molecule has 0 saturated heterocycles. The molecule has 120 valence electrons. The van der Waals surface area contributed by atoms with Gasteiger partial charge >= 0.3 is 0 Å². The molecule has 0 unspecified atom stereocenters. The monoisotopic (exact) mass is 324 g/mol. The summed E-state index contributed by atoms with van der Waals surface area (Å²) >= 11 is 0. The number of allylic oxidation sites excluding steroid dienone is 1. The SMILES string of the molecule is CC(C)(C)C(C=O)=CCO[SiH](c1ccccc1)c1ccccc1. The smallest absolute Gasteiger partial charge is 0.240 e. The molecule has 0 bridgehead atoms. The highest BCUT2D eigenvalue weighted by molar-refractivity contribution is 6.80. The molecule has 23 heavy (non-hydrogen) atoms. The van der Waals surface area contributed by atoms with Crippen molar-refractivity contribution in [1.29, 1.82) is 0 Å². The van der Waals surface area contributed by atoms with Crippen molar-refractivity contribution >= 4 is 25.7 Å². The molecule has 0 heterocycles. The van der Waals surface area contributed by atoms with E-state index in [0.29, 0.717) is 6.61 Å². The molecule has 2 aromatic rings. The van der Waals surface area contributed by atoms with Crippen molar-refractivity contribution < 1.29 is 9.22 Å². The minimum Gasteiger partial charge on any atom is -0.407 e. The lowest BCUT2D eigenvalue weighted by Crippen LogP contribution is -2.45. The zero-order chi connectivity index (χ0) is 16.7. The molecule has 2 nitrogen and oxygen atoms in total. The quantitative estimate of drug-likeness (QED) is 0.464. The lowest BCUT2D eigenvalue weighted by molar-refractivity contribution is -0.105. The molecule has 0 amide bonds. The number of hydrogen-bond acceptors (Lipinski definition) is 2. The van der Waals surface area contributed by atoms with Gasteiger partial charge in [-0.15, -0.1) is 0 Å². The highest BCUT2D eigenvalue weighted by Crippen LogP contribution is 2.22. The van der Waals surface area contributed by atoms with Crippen LogP contribution >= 0.6 is 0 Å². The van der Waals surface area contributed by atoms with Gasteiger partial charge < -0.3 is 4.43 Å². The van der Waals surface area contributed by atoms with Gasteiger partial charge in [0.15, 0.2) is 0 Å². The first-order chi connectivity index (χ1) is 11.0. The molecule has 2 aromatic carbocycles. The second kappa shape index (κ2) is 8.04. The maximum absolute atomic E-state index is 11.3. The predicted octanol–water partition coefficient (Wildman–Crippen LogP) is 2.71. The summed E-state index contributed by atoms with van der Waals surface area (Å²) in [4.78, 5) is 11.3. The molecule has 0 aromatic heterocycles. The Balaban J connectivity index is 2.20. The zero-order valence-corrected chi connectivity index (χ0v) is 15.2. The number of carbonyl (C=O) groups excluding carboxylic acids is 1. The second-order valence-corrected chi connectivity index (χ2v) is 8.99. The Morgan fingerprint density at radius 2 is 1.43 bits per heavy atom. The number of hydrogen-bond donors (Lipinski definition) is 0. The van der Waals surface area contributed by atoms with Gasteiger partial charge in [-0.05, 0) is 21.4 Å². The maximum Gasteiger partial charge on any atom is 0.240 e. The van der Waals surface area contributed by atoms with Crippen LogP contribution in [0.4, 0.5) is 0 Å². The lowest BCUT2D eigenvalue weighted by atomic mass is 9.87. The molecule has 0 radical (unpaired) electrons. The standard InChI is InChI=1S/C20H24O2Si/c1-20(2,3)17(16-21)14-15-22-23(18-10-6-4-7-11-18)19-12-8-5-9-13-19/h4-14,16,23H,15H2,1-3H3. The Bertz CT molecular complexity index is 603. The number of rotatable bonds is 6. The largest absolute Gasteiger partial charge is 0.407 e. The fourth-order valence-electron chi connectivity index (χ4n) is 2.41. The number of benzene rings is 2. The lowest BCUT2D eigenvalue weighted by Gasteiger charge is -2.20. The first kappa shape index (κ1) is 17.4. The molecule has 0 saturated carbocycles. The van der Waals surface area contributed by atoms with E-state index in [4.69, 9.17) is 4.43 Å². The Morgan fingerprint density at radius 1 is 0.957 bits per heavy atom. The third-order valence-corrected chi connectivity index (χ3v) is 6.27. The summed E-state index contributed by atoms with van der Waals surface area (Å²) in [6.07, 6.45) is 2.85. The summed E-state index contributed by atoms with van der Waals surface area (Å²) < 4.78 is 6.25. The van der Waals surface area contributed by atoms with Gasteiger partial charge in [0, 0.05) is 0 Å². The molecule has 0 fully saturated rings. The van der Waals surface area contributed by atoms with E-state index in [1.165, 1.54) is 10.4 Å². The van der Waals surface area contributed by atoms with Crippen LogP contribution in [0.2, 0.25) is 0 Å². The molecule has 0 aliphatic carbocycles. The fraction of sp³-hybridized carbons (Fsp3) is 0.250. The van der Waals surface area contributed by atoms with Crippen molar-refractivity contribution in [3.05, 3.63) is 72.3 Å². The Kier molecular flexibility index (Phi) is 6.08. The Labute approximate surface area is 140 Å². The van der Waals surface area contributed by atoms with Gasteiger partial charge in [0.1, 0.15) is 6.29 Å². The van der Waals surface area contributed by atoms with Gasteiger partial charge in [-0.3, -0.25) is 4.79 Å². The Morgan fingerprint density at radius 3 is 1.83 bits per heavy atom. The van der Waals surface area contributed by atoms with E-state index in [2.05, 4.69) is 24.3 Å². The van der Waals surface area contributed by atoms with Crippen molar-refractivity contribution in [2.45, 2.75) is 20.8 Å². The third kappa shape index (κ3) is 5.01. The van der Waals surface area contributed by atoms with E-state index >= 15 is 0 Å². The first-order valence-electron chi connectivity index (χ1n) is 7.89. The van der Waals surface area contributed by atoms with Gasteiger partial charge in [0.05, 0.1) is 6.61 Å². The number of aldehydes is 1. The maximum atomic E-state index is 11.3. The molecule has 0 atom stereocenters. The van der Waals surface area contributed by atoms with Crippen LogP contribution in [-0.2, 0) is 9.22 Å². The van der Waals surface area contributed by atoms with Crippen LogP contribution in [-0.4, -0.2) is 21.9 Å². The zero-order valence-electron chi connectivity index (χ0n) is 14.0. The molecular formula is C20H24O2Si. The average molecular weight is 324 g/mol. The summed E-state index contributed by atoms with van der Waals surface area (Å²) in [5, 5.41) is 2.49. The van der Waals surface area contributed by atoms with E-state index in [1.807, 2.05) is 63.2 Å². The molecule has 0 aliphatic heterocycles. The summed E-state index contributed by atoms with van der Waals surface area (Å²) in [6.45, 7) is 6.58. The van der Waals surface area contributed by atoms with E-state index < -0.39 is 9.04 Å². The third-order valence-electron chi connectivity index (χ3n) is 3.76. The van der Waals surface area contributed by atoms with Crippen LogP contribution in [0.5, 0.6) is 0 Å². The van der Waals surface area contributed by atoms with E-state index in [0.717, 1.165) is 11.9 Å². The molecule has 0 aliphatic rings. The van der Waals surface area contributed by atoms with Crippen LogP contribution in [0, 0.1) is 5.41 Å². The van der Waals surface area contributed by atoms with Crippen molar-refractivity contribution in [2.24, 2.45) is 5.41 Å². The summed E-state index contributed by atoms with van der Waals surface area (Å²) in [6, 6.07) is 20.7. The minimum atomic E-state index is -1.73. The topological polar surface area (TPSA) is 26.3 Å². The second-order valence-electron chi connectivity index (χ2n) is 6.56. The van der Waals surface area contributed by atoms with Crippen molar-refractivity contribution in [2.75, 3.05) is 6.61 Å². The fourth-order valence-corrected chi connectivity index (χ4v) is 4.61. The van der Waals surface area contributed by atoms with Crippen LogP contribution in [0.15, 0.2) is 72.3 Å². The summed E-state index contributed by atoms with van der Waals surface area (Å²) in [5.41, 5.74) is 0.633. The molecule has 0 spiro atoms. The average Bonchev–Trinajstić information content (AvgIpc) is 2.55. The van der Waals surface area contributed by atoms with Gasteiger partial charge in [-0.25, -0.2) is 0 Å². The molecule has 3 heteroatoms. The van der Waals surface area contributed by atoms with E-state index in [-0.39, 0.29) is 5.41 Å². The normalized spacial score (nSPS) is 12.4. The highest BCUT2D eigenvalue weighted by Gasteiger charge is 2.19. The van der Waals surface area contributed by atoms with Gasteiger partial charge in [-0.2, -0.15) is 0 Å². The van der Waals surface area contributed by atoms with Crippen molar-refractivity contribution in [3.63, 3.8) is 0 Å². The predicted molar refractivity (Wildman–Crippen MR) is 98.9 cm³/mol. The Hall–Kier alpha value is -1.97. The van der Waals surface area contributed by atoms with Crippen LogP contribution in [0.3, 0.4) is 0 Å². The number of carbonyl (C=O) groups is 1. The molecule has 2 rings (SSSR count). The van der Waals surface area contributed by atoms with Gasteiger partial charge in [0.25, 0.3) is 0 Å². The van der Waals surface area contributed by atoms with Crippen molar-refractivity contribution in [1.82, 2.24) is 0 Å². The van der Waals surface area contributed by atoms with E-state index in [1.54, 1.807) is 0 Å². The van der Waals surface area contributed by atoms with Gasteiger partial charge in [0.2, 0.25) is 9.04 Å². The summed E-state index contributed by atoms with van der Waals surface area (Å²) in [7, 11) is -1.73. The molecular weight excluding hydrogens is 300 g/mol.